The highest BCUT2D eigenvalue weighted by molar-refractivity contribution is 6.32. The van der Waals surface area contributed by atoms with Gasteiger partial charge in [-0.2, -0.15) is 0 Å². The maximum Gasteiger partial charge on any atom is 0.260 e. The van der Waals surface area contributed by atoms with Crippen LogP contribution in [0.1, 0.15) is 32.8 Å². The minimum Gasteiger partial charge on any atom is -0.479 e. The van der Waals surface area contributed by atoms with E-state index < -0.39 is 6.10 Å². The van der Waals surface area contributed by atoms with E-state index in [9.17, 15) is 4.79 Å². The van der Waals surface area contributed by atoms with Crippen molar-refractivity contribution in [3.63, 3.8) is 0 Å². The van der Waals surface area contributed by atoms with E-state index in [0.29, 0.717) is 23.7 Å². The number of nitrogens with one attached hydrogen (secondary N) is 1. The molecular formula is C16H24ClNO3. The average Bonchev–Trinajstić information content (AvgIpc) is 2.40. The molecule has 0 bridgehead atoms. The van der Waals surface area contributed by atoms with E-state index in [0.717, 1.165) is 5.56 Å². The molecule has 0 saturated heterocycles. The van der Waals surface area contributed by atoms with Crippen LogP contribution in [0.25, 0.3) is 0 Å². The summed E-state index contributed by atoms with van der Waals surface area (Å²) in [5.41, 5.74) is 0.872. The van der Waals surface area contributed by atoms with Crippen molar-refractivity contribution in [3.8, 4) is 5.75 Å². The zero-order chi connectivity index (χ0) is 16.0. The van der Waals surface area contributed by atoms with Crippen LogP contribution in [-0.2, 0) is 4.79 Å². The van der Waals surface area contributed by atoms with Gasteiger partial charge < -0.3 is 15.2 Å². The number of rotatable bonds is 7. The Hall–Kier alpha value is -1.26. The molecule has 0 aliphatic carbocycles. The second kappa shape index (κ2) is 7.66. The monoisotopic (exact) mass is 313 g/mol. The predicted octanol–water partition coefficient (Wildman–Crippen LogP) is 2.94. The zero-order valence-electron chi connectivity index (χ0n) is 13.1. The Morgan fingerprint density at radius 2 is 2.14 bits per heavy atom. The van der Waals surface area contributed by atoms with Gasteiger partial charge in [-0.3, -0.25) is 4.79 Å². The molecule has 5 heteroatoms. The fraction of sp³-hybridized carbons (Fsp3) is 0.562. The summed E-state index contributed by atoms with van der Waals surface area (Å²) in [5, 5.41) is 12.3. The molecule has 0 fully saturated rings. The number of carbonyl (C=O) groups excluding carboxylic acids is 1. The van der Waals surface area contributed by atoms with Crippen molar-refractivity contribution >= 4 is 17.5 Å². The predicted molar refractivity (Wildman–Crippen MR) is 84.8 cm³/mol. The Morgan fingerprint density at radius 3 is 2.76 bits per heavy atom. The highest BCUT2D eigenvalue weighted by Crippen LogP contribution is 2.26. The smallest absolute Gasteiger partial charge is 0.260 e. The fourth-order valence-electron chi connectivity index (χ4n) is 1.81. The number of aliphatic hydroxyl groups is 1. The standard InChI is InChI=1S/C16H24ClNO3/c1-11-5-6-13(17)14(9-11)21-12(2)15(20)18-10-16(3,4)7-8-19/h5-6,9,12,19H,7-8,10H2,1-4H3,(H,18,20). The van der Waals surface area contributed by atoms with Gasteiger partial charge in [0.25, 0.3) is 5.91 Å². The number of aryl methyl sites for hydroxylation is 1. The largest absolute Gasteiger partial charge is 0.479 e. The molecular weight excluding hydrogens is 290 g/mol. The molecule has 1 rings (SSSR count). The first-order valence-corrected chi connectivity index (χ1v) is 7.44. The number of halogens is 1. The molecule has 0 aliphatic rings. The minimum absolute atomic E-state index is 0.105. The van der Waals surface area contributed by atoms with Crippen LogP contribution >= 0.6 is 11.6 Å². The Labute approximate surface area is 131 Å². The van der Waals surface area contributed by atoms with Gasteiger partial charge in [-0.1, -0.05) is 31.5 Å². The Kier molecular flexibility index (Phi) is 6.49. The van der Waals surface area contributed by atoms with Gasteiger partial charge in [-0.15, -0.1) is 0 Å². The molecule has 0 saturated carbocycles. The van der Waals surface area contributed by atoms with Crippen LogP contribution in [0.3, 0.4) is 0 Å². The van der Waals surface area contributed by atoms with Crippen LogP contribution in [-0.4, -0.2) is 30.3 Å². The van der Waals surface area contributed by atoms with E-state index in [2.05, 4.69) is 5.32 Å². The topological polar surface area (TPSA) is 58.6 Å². The Balaban J connectivity index is 2.57. The van der Waals surface area contributed by atoms with Gasteiger partial charge in [0.15, 0.2) is 6.10 Å². The van der Waals surface area contributed by atoms with Crippen LogP contribution in [0, 0.1) is 12.3 Å². The number of aliphatic hydroxyl groups excluding tert-OH is 1. The van der Waals surface area contributed by atoms with E-state index in [1.165, 1.54) is 0 Å². The van der Waals surface area contributed by atoms with Crippen molar-refractivity contribution in [1.29, 1.82) is 0 Å². The van der Waals surface area contributed by atoms with Crippen molar-refractivity contribution in [2.75, 3.05) is 13.2 Å². The molecule has 0 aliphatic heterocycles. The van der Waals surface area contributed by atoms with Gasteiger partial charge in [0.1, 0.15) is 5.75 Å². The summed E-state index contributed by atoms with van der Waals surface area (Å²) < 4.78 is 5.62. The number of hydrogen-bond donors (Lipinski definition) is 2. The van der Waals surface area contributed by atoms with E-state index in [-0.39, 0.29) is 17.9 Å². The van der Waals surface area contributed by atoms with Crippen LogP contribution in [0.4, 0.5) is 0 Å². The molecule has 1 atom stereocenters. The molecule has 1 aromatic rings. The maximum atomic E-state index is 12.1. The van der Waals surface area contributed by atoms with Gasteiger partial charge in [0, 0.05) is 13.2 Å². The molecule has 2 N–H and O–H groups in total. The minimum atomic E-state index is -0.630. The van der Waals surface area contributed by atoms with Crippen molar-refractivity contribution < 1.29 is 14.6 Å². The number of amides is 1. The van der Waals surface area contributed by atoms with Crippen LogP contribution in [0.15, 0.2) is 18.2 Å². The number of hydrogen-bond acceptors (Lipinski definition) is 3. The third-order valence-corrected chi connectivity index (χ3v) is 3.60. The molecule has 21 heavy (non-hydrogen) atoms. The Morgan fingerprint density at radius 1 is 1.48 bits per heavy atom. The highest BCUT2D eigenvalue weighted by atomic mass is 35.5. The van der Waals surface area contributed by atoms with Crippen LogP contribution < -0.4 is 10.1 Å². The normalized spacial score (nSPS) is 12.9. The summed E-state index contributed by atoms with van der Waals surface area (Å²) in [6, 6.07) is 5.44. The van der Waals surface area contributed by atoms with E-state index in [1.807, 2.05) is 32.9 Å². The van der Waals surface area contributed by atoms with Crippen molar-refractivity contribution in [3.05, 3.63) is 28.8 Å². The average molecular weight is 314 g/mol. The highest BCUT2D eigenvalue weighted by Gasteiger charge is 2.21. The van der Waals surface area contributed by atoms with E-state index in [4.69, 9.17) is 21.4 Å². The molecule has 118 valence electrons. The molecule has 0 aromatic heterocycles. The summed E-state index contributed by atoms with van der Waals surface area (Å²) in [7, 11) is 0. The third kappa shape index (κ3) is 5.94. The Bertz CT molecular complexity index is 488. The number of ether oxygens (including phenoxy) is 1. The van der Waals surface area contributed by atoms with Gasteiger partial charge in [0.2, 0.25) is 0 Å². The van der Waals surface area contributed by atoms with Crippen LogP contribution in [0.5, 0.6) is 5.75 Å². The second-order valence-corrected chi connectivity index (χ2v) is 6.46. The second-order valence-electron chi connectivity index (χ2n) is 6.05. The van der Waals surface area contributed by atoms with E-state index >= 15 is 0 Å². The van der Waals surface area contributed by atoms with Gasteiger partial charge in [-0.25, -0.2) is 0 Å². The lowest BCUT2D eigenvalue weighted by atomic mass is 9.90. The van der Waals surface area contributed by atoms with Crippen molar-refractivity contribution in [2.24, 2.45) is 5.41 Å². The first-order chi connectivity index (χ1) is 9.75. The first-order valence-electron chi connectivity index (χ1n) is 7.06. The maximum absolute atomic E-state index is 12.1. The summed E-state index contributed by atoms with van der Waals surface area (Å²) >= 11 is 6.05. The molecule has 1 unspecified atom stereocenters. The third-order valence-electron chi connectivity index (χ3n) is 3.29. The van der Waals surface area contributed by atoms with Gasteiger partial charge in [-0.05, 0) is 43.4 Å². The lowest BCUT2D eigenvalue weighted by molar-refractivity contribution is -0.127. The van der Waals surface area contributed by atoms with Crippen LogP contribution in [0.2, 0.25) is 5.02 Å². The van der Waals surface area contributed by atoms with E-state index in [1.54, 1.807) is 13.0 Å². The van der Waals surface area contributed by atoms with Gasteiger partial charge in [0.05, 0.1) is 5.02 Å². The molecule has 1 amide bonds. The lowest BCUT2D eigenvalue weighted by Crippen LogP contribution is -2.41. The molecule has 1 aromatic carbocycles. The lowest BCUT2D eigenvalue weighted by Gasteiger charge is -2.25. The molecule has 0 spiro atoms. The molecule has 0 radical (unpaired) electrons. The van der Waals surface area contributed by atoms with Gasteiger partial charge >= 0.3 is 0 Å². The summed E-state index contributed by atoms with van der Waals surface area (Å²) in [6.45, 7) is 8.20. The van der Waals surface area contributed by atoms with Crippen molar-refractivity contribution in [2.45, 2.75) is 40.2 Å². The SMILES string of the molecule is Cc1ccc(Cl)c(OC(C)C(=O)NCC(C)(C)CCO)c1. The number of benzene rings is 1. The molecule has 0 heterocycles. The summed E-state index contributed by atoms with van der Waals surface area (Å²) in [5.74, 6) is 0.313. The summed E-state index contributed by atoms with van der Waals surface area (Å²) in [6.07, 6.45) is 0.000831. The van der Waals surface area contributed by atoms with Crippen molar-refractivity contribution in [1.82, 2.24) is 5.32 Å². The molecule has 4 nitrogen and oxygen atoms in total. The first kappa shape index (κ1) is 17.8. The zero-order valence-corrected chi connectivity index (χ0v) is 13.8. The quantitative estimate of drug-likeness (QED) is 0.813. The fourth-order valence-corrected chi connectivity index (χ4v) is 1.97. The number of carbonyl (C=O) groups is 1. The summed E-state index contributed by atoms with van der Waals surface area (Å²) in [4.78, 5) is 12.1.